The highest BCUT2D eigenvalue weighted by atomic mass is 19.3. The number of carbonyl (C=O) groups excluding carboxylic acids is 1. The first kappa shape index (κ1) is 22.0. The van der Waals surface area contributed by atoms with Gasteiger partial charge in [-0.15, -0.1) is 0 Å². The van der Waals surface area contributed by atoms with Crippen LogP contribution in [0.1, 0.15) is 33.6 Å². The fraction of sp³-hybridized carbons (Fsp3) is 0.524. The molecule has 2 aromatic rings. The highest BCUT2D eigenvalue weighted by molar-refractivity contribution is 5.86. The normalized spacial score (nSPS) is 19.5. The van der Waals surface area contributed by atoms with Crippen LogP contribution >= 0.6 is 0 Å². The zero-order valence-electron chi connectivity index (χ0n) is 17.2. The first-order chi connectivity index (χ1) is 14.2. The van der Waals surface area contributed by atoms with Gasteiger partial charge < -0.3 is 24.3 Å². The maximum Gasteiger partial charge on any atom is 0.407 e. The van der Waals surface area contributed by atoms with Gasteiger partial charge in [-0.1, -0.05) is 0 Å². The van der Waals surface area contributed by atoms with E-state index in [2.05, 4.69) is 15.0 Å². The second kappa shape index (κ2) is 9.42. The molecule has 30 heavy (non-hydrogen) atoms. The molecule has 1 aromatic heterocycles. The van der Waals surface area contributed by atoms with Crippen LogP contribution in [0.3, 0.4) is 0 Å². The van der Waals surface area contributed by atoms with Crippen molar-refractivity contribution in [1.82, 2.24) is 10.3 Å². The van der Waals surface area contributed by atoms with Crippen molar-refractivity contribution in [2.24, 2.45) is 0 Å². The van der Waals surface area contributed by atoms with Gasteiger partial charge in [-0.2, -0.15) is 8.78 Å². The van der Waals surface area contributed by atoms with Gasteiger partial charge in [0.15, 0.2) is 0 Å². The summed E-state index contributed by atoms with van der Waals surface area (Å²) in [5, 5.41) is 3.38. The second-order valence-corrected chi connectivity index (χ2v) is 8.05. The van der Waals surface area contributed by atoms with Crippen LogP contribution in [0.15, 0.2) is 30.5 Å². The molecular weight excluding hydrogens is 398 g/mol. The van der Waals surface area contributed by atoms with Crippen LogP contribution in [0.4, 0.5) is 13.6 Å². The van der Waals surface area contributed by atoms with Crippen LogP contribution in [-0.4, -0.2) is 48.6 Å². The number of hydrogen-bond donors (Lipinski definition) is 1. The Morgan fingerprint density at radius 2 is 2.10 bits per heavy atom. The summed E-state index contributed by atoms with van der Waals surface area (Å²) in [4.78, 5) is 16.1. The lowest BCUT2D eigenvalue weighted by atomic mass is 10.1. The van der Waals surface area contributed by atoms with Crippen molar-refractivity contribution in [3.05, 3.63) is 30.5 Å². The molecule has 1 aliphatic rings. The lowest BCUT2D eigenvalue weighted by Crippen LogP contribution is -2.45. The van der Waals surface area contributed by atoms with E-state index in [4.69, 9.17) is 14.2 Å². The van der Waals surface area contributed by atoms with Crippen LogP contribution in [0.5, 0.6) is 11.5 Å². The molecule has 9 heteroatoms. The quantitative estimate of drug-likeness (QED) is 0.746. The number of alkyl carbamates (subject to hydrolysis) is 1. The molecule has 1 aliphatic heterocycles. The van der Waals surface area contributed by atoms with Crippen LogP contribution in [-0.2, 0) is 9.47 Å². The number of nitrogens with one attached hydrogen (secondary N) is 1. The smallest absolute Gasteiger partial charge is 0.407 e. The van der Waals surface area contributed by atoms with E-state index in [-0.39, 0.29) is 24.5 Å². The zero-order valence-corrected chi connectivity index (χ0v) is 17.2. The minimum atomic E-state index is -2.90. The molecule has 0 unspecified atom stereocenters. The molecule has 1 aromatic carbocycles. The lowest BCUT2D eigenvalue weighted by molar-refractivity contribution is -0.0497. The maximum atomic E-state index is 12.5. The van der Waals surface area contributed by atoms with Gasteiger partial charge >= 0.3 is 12.7 Å². The molecule has 2 heterocycles. The molecule has 164 valence electrons. The number of benzene rings is 1. The van der Waals surface area contributed by atoms with E-state index < -0.39 is 18.3 Å². The first-order valence-corrected chi connectivity index (χ1v) is 9.77. The van der Waals surface area contributed by atoms with E-state index in [1.807, 2.05) is 20.8 Å². The molecule has 0 bridgehead atoms. The Morgan fingerprint density at radius 1 is 1.30 bits per heavy atom. The van der Waals surface area contributed by atoms with Crippen molar-refractivity contribution in [3.63, 3.8) is 0 Å². The minimum absolute atomic E-state index is 0.0420. The van der Waals surface area contributed by atoms with Gasteiger partial charge in [-0.05, 0) is 57.9 Å². The standard InChI is InChI=1S/C21H26F2N2O5/c1-21(2,3)30-20(26)25-13-4-5-15(27-11-13)12-28-18-8-9-24-17-7-6-14(10-16(17)18)29-19(22)23/h6-10,13,15,19H,4-5,11-12H2,1-3H3,(H,25,26)/t13-,15+/m1/s1. The van der Waals surface area contributed by atoms with Crippen molar-refractivity contribution in [2.45, 2.75) is 58.0 Å². The third kappa shape index (κ3) is 6.41. The number of nitrogens with zero attached hydrogens (tertiary/aromatic N) is 1. The van der Waals surface area contributed by atoms with Crippen molar-refractivity contribution in [1.29, 1.82) is 0 Å². The molecule has 1 N–H and O–H groups in total. The van der Waals surface area contributed by atoms with E-state index >= 15 is 0 Å². The van der Waals surface area contributed by atoms with Gasteiger partial charge in [0.25, 0.3) is 0 Å². The predicted molar refractivity (Wildman–Crippen MR) is 106 cm³/mol. The van der Waals surface area contributed by atoms with Crippen LogP contribution in [0.2, 0.25) is 0 Å². The number of ether oxygens (including phenoxy) is 4. The number of fused-ring (bicyclic) bond motifs is 1. The van der Waals surface area contributed by atoms with E-state index in [1.165, 1.54) is 12.1 Å². The molecule has 0 spiro atoms. The Hall–Kier alpha value is -2.68. The Bertz CT molecular complexity index is 864. The third-order valence-corrected chi connectivity index (χ3v) is 4.41. The molecule has 2 atom stereocenters. The van der Waals surface area contributed by atoms with Crippen molar-refractivity contribution in [3.8, 4) is 11.5 Å². The zero-order chi connectivity index (χ0) is 21.7. The number of hydrogen-bond acceptors (Lipinski definition) is 6. The molecule has 0 saturated carbocycles. The molecule has 1 fully saturated rings. The van der Waals surface area contributed by atoms with Crippen molar-refractivity contribution >= 4 is 17.0 Å². The Morgan fingerprint density at radius 3 is 2.77 bits per heavy atom. The summed E-state index contributed by atoms with van der Waals surface area (Å²) in [7, 11) is 0. The summed E-state index contributed by atoms with van der Waals surface area (Å²) in [6, 6.07) is 6.07. The molecule has 1 saturated heterocycles. The van der Waals surface area contributed by atoms with E-state index in [0.29, 0.717) is 29.7 Å². The van der Waals surface area contributed by atoms with Gasteiger partial charge in [0.2, 0.25) is 0 Å². The molecular formula is C21H26F2N2O5. The van der Waals surface area contributed by atoms with Crippen LogP contribution < -0.4 is 14.8 Å². The van der Waals surface area contributed by atoms with Gasteiger partial charge in [0.05, 0.1) is 24.3 Å². The van der Waals surface area contributed by atoms with Gasteiger partial charge in [0, 0.05) is 11.6 Å². The summed E-state index contributed by atoms with van der Waals surface area (Å²) in [5.41, 5.74) is 0.0593. The number of rotatable bonds is 6. The van der Waals surface area contributed by atoms with Gasteiger partial charge in [0.1, 0.15) is 23.7 Å². The Kier molecular flexibility index (Phi) is 6.91. The first-order valence-electron chi connectivity index (χ1n) is 9.77. The fourth-order valence-corrected chi connectivity index (χ4v) is 3.11. The average molecular weight is 424 g/mol. The maximum absolute atomic E-state index is 12.5. The van der Waals surface area contributed by atoms with Crippen molar-refractivity contribution < 1.29 is 32.5 Å². The average Bonchev–Trinajstić information content (AvgIpc) is 2.65. The molecule has 1 amide bonds. The predicted octanol–water partition coefficient (Wildman–Crippen LogP) is 4.29. The minimum Gasteiger partial charge on any atom is -0.490 e. The lowest BCUT2D eigenvalue weighted by Gasteiger charge is -2.30. The van der Waals surface area contributed by atoms with Crippen molar-refractivity contribution in [2.75, 3.05) is 13.2 Å². The summed E-state index contributed by atoms with van der Waals surface area (Å²) >= 11 is 0. The second-order valence-electron chi connectivity index (χ2n) is 8.05. The van der Waals surface area contributed by atoms with Gasteiger partial charge in [-0.25, -0.2) is 4.79 Å². The topological polar surface area (TPSA) is 78.9 Å². The van der Waals surface area contributed by atoms with Crippen LogP contribution in [0, 0.1) is 0 Å². The highest BCUT2D eigenvalue weighted by Gasteiger charge is 2.25. The Balaban J connectivity index is 1.53. The fourth-order valence-electron chi connectivity index (χ4n) is 3.11. The van der Waals surface area contributed by atoms with Crippen LogP contribution in [0.25, 0.3) is 10.9 Å². The number of pyridine rings is 1. The molecule has 7 nitrogen and oxygen atoms in total. The number of alkyl halides is 2. The summed E-state index contributed by atoms with van der Waals surface area (Å²) in [6.45, 7) is 3.17. The Labute approximate surface area is 173 Å². The highest BCUT2D eigenvalue weighted by Crippen LogP contribution is 2.29. The summed E-state index contributed by atoms with van der Waals surface area (Å²) in [5.74, 6) is 0.553. The summed E-state index contributed by atoms with van der Waals surface area (Å²) in [6.07, 6.45) is 2.41. The number of amides is 1. The number of aromatic nitrogens is 1. The van der Waals surface area contributed by atoms with Gasteiger partial charge in [-0.3, -0.25) is 4.98 Å². The van der Waals surface area contributed by atoms with E-state index in [1.54, 1.807) is 18.3 Å². The monoisotopic (exact) mass is 424 g/mol. The van der Waals surface area contributed by atoms with E-state index in [9.17, 15) is 13.6 Å². The van der Waals surface area contributed by atoms with E-state index in [0.717, 1.165) is 6.42 Å². The number of halogens is 2. The number of carbonyl (C=O) groups is 1. The summed E-state index contributed by atoms with van der Waals surface area (Å²) < 4.78 is 46.4. The molecule has 3 rings (SSSR count). The third-order valence-electron chi connectivity index (χ3n) is 4.41. The SMILES string of the molecule is CC(C)(C)OC(=O)N[C@@H]1CC[C@@H](COc2ccnc3ccc(OC(F)F)cc23)OC1. The molecule has 0 radical (unpaired) electrons. The molecule has 0 aliphatic carbocycles. The largest absolute Gasteiger partial charge is 0.490 e.